The molecule has 0 atom stereocenters. The molecule has 0 aromatic heterocycles. The number of rotatable bonds is 4. The number of hydrogen-bond acceptors (Lipinski definition) is 3. The van der Waals surface area contributed by atoms with Crippen molar-refractivity contribution in [1.29, 1.82) is 0 Å². The molecule has 0 saturated heterocycles. The zero-order valence-corrected chi connectivity index (χ0v) is 11.2. The molecule has 0 saturated carbocycles. The maximum atomic E-state index is 11.2. The molecule has 0 bridgehead atoms. The van der Waals surface area contributed by atoms with Gasteiger partial charge in [0.25, 0.3) is 0 Å². The summed E-state index contributed by atoms with van der Waals surface area (Å²) in [5.41, 5.74) is 0.295. The number of carbonyl (C=O) groups excluding carboxylic acids is 2. The van der Waals surface area contributed by atoms with Crippen molar-refractivity contribution < 1.29 is 31.4 Å². The van der Waals surface area contributed by atoms with Crippen molar-refractivity contribution >= 4 is 11.8 Å². The van der Waals surface area contributed by atoms with Gasteiger partial charge in [0.1, 0.15) is 0 Å². The third-order valence-corrected chi connectivity index (χ3v) is 1.85. The molecule has 19 heavy (non-hydrogen) atoms. The molecule has 0 amide bonds. The molecule has 102 valence electrons. The largest absolute Gasteiger partial charge is 2.00 e. The molecule has 3 nitrogen and oxygen atoms in total. The van der Waals surface area contributed by atoms with Crippen LogP contribution in [0.1, 0.15) is 23.2 Å². The molecule has 0 spiro atoms. The van der Waals surface area contributed by atoms with Gasteiger partial charge in [-0.3, -0.25) is 10.6 Å². The molecule has 0 heterocycles. The van der Waals surface area contributed by atoms with Gasteiger partial charge in [0.2, 0.25) is 0 Å². The molecular formula is C15H8FeO3-8. The molecule has 4 heteroatoms. The average Bonchev–Trinajstić information content (AvgIpc) is 3.08. The van der Waals surface area contributed by atoms with E-state index in [0.717, 1.165) is 0 Å². The third kappa shape index (κ3) is 7.39. The van der Waals surface area contributed by atoms with E-state index in [0.29, 0.717) is 5.56 Å². The summed E-state index contributed by atoms with van der Waals surface area (Å²) < 4.78 is 4.39. The molecule has 0 N–H and O–H groups in total. The minimum absolute atomic E-state index is 0. The van der Waals surface area contributed by atoms with Crippen LogP contribution in [0.2, 0.25) is 0 Å². The van der Waals surface area contributed by atoms with Crippen molar-refractivity contribution in [2.24, 2.45) is 0 Å². The number of Topliss-reactive ketones (excluding diaryl/α,β-unsaturated/α-hetero) is 1. The molecular weight excluding hydrogens is 284 g/mol. The molecule has 0 aliphatic rings. The van der Waals surface area contributed by atoms with Crippen LogP contribution in [0.5, 0.6) is 0 Å². The Labute approximate surface area is 123 Å². The summed E-state index contributed by atoms with van der Waals surface area (Å²) in [6.07, 6.45) is 0.202. The molecule has 0 radical (unpaired) electrons. The zero-order chi connectivity index (χ0) is 13.2. The fraction of sp³-hybridized carbons (Fsp3) is 0.200. The molecule has 0 aliphatic carbocycles. The van der Waals surface area contributed by atoms with Gasteiger partial charge in [0.05, 0.1) is 7.11 Å². The summed E-state index contributed by atoms with van der Waals surface area (Å²) in [6, 6.07) is 22.0. The van der Waals surface area contributed by atoms with Gasteiger partial charge >= 0.3 is 23.0 Å². The van der Waals surface area contributed by atoms with Crippen molar-refractivity contribution in [3.05, 3.63) is 60.2 Å². The van der Waals surface area contributed by atoms with Gasteiger partial charge in [-0.1, -0.05) is 0 Å². The van der Waals surface area contributed by atoms with E-state index >= 15 is 0 Å². The van der Waals surface area contributed by atoms with E-state index in [2.05, 4.69) is 53.3 Å². The van der Waals surface area contributed by atoms with E-state index in [-0.39, 0.29) is 35.7 Å². The minimum Gasteiger partial charge on any atom is -0.999 e. The van der Waals surface area contributed by atoms with E-state index in [1.54, 1.807) is 6.07 Å². The monoisotopic (exact) mass is 292 g/mol. The smallest absolute Gasteiger partial charge is 0.999 e. The Morgan fingerprint density at radius 3 is 2.05 bits per heavy atom. The number of esters is 1. The molecule has 0 fully saturated rings. The van der Waals surface area contributed by atoms with Gasteiger partial charge in [-0.05, 0) is 0 Å². The van der Waals surface area contributed by atoms with Crippen LogP contribution in [0.25, 0.3) is 0 Å². The Morgan fingerprint density at radius 1 is 1.05 bits per heavy atom. The summed E-state index contributed by atoms with van der Waals surface area (Å²) in [7, 11) is 1.29. The van der Waals surface area contributed by atoms with Crippen molar-refractivity contribution in [3.8, 4) is 0 Å². The average molecular weight is 292 g/mol. The van der Waals surface area contributed by atoms with Gasteiger partial charge in [0, 0.05) is 6.42 Å². The quantitative estimate of drug-likeness (QED) is 0.370. The Bertz CT molecular complexity index is 426. The zero-order valence-electron chi connectivity index (χ0n) is 10.1. The van der Waals surface area contributed by atoms with Crippen molar-refractivity contribution in [1.82, 2.24) is 0 Å². The first kappa shape index (κ1) is 17.4. The molecule has 2 aromatic rings. The number of carbonyl (C=O) groups is 2. The second-order valence-corrected chi connectivity index (χ2v) is 3.06. The number of ketones is 1. The SMILES string of the molecule is COC(=O)CCC(=O)[c-]1[c-][c-][c-][c-]1.[Fe+2].[c-]1[c-][c-][cH-][c-]1. The summed E-state index contributed by atoms with van der Waals surface area (Å²) in [6.45, 7) is 0. The Hall–Kier alpha value is -1.64. The number of methoxy groups -OCH3 is 1. The summed E-state index contributed by atoms with van der Waals surface area (Å²) in [4.78, 5) is 21.9. The van der Waals surface area contributed by atoms with E-state index in [9.17, 15) is 9.59 Å². The van der Waals surface area contributed by atoms with Crippen LogP contribution in [-0.2, 0) is 26.6 Å². The van der Waals surface area contributed by atoms with Gasteiger partial charge in [0.15, 0.2) is 0 Å². The van der Waals surface area contributed by atoms with Gasteiger partial charge in [-0.15, -0.1) is 6.42 Å². The van der Waals surface area contributed by atoms with E-state index in [1.807, 2.05) is 0 Å². The van der Waals surface area contributed by atoms with E-state index in [4.69, 9.17) is 0 Å². The Morgan fingerprint density at radius 2 is 1.63 bits per heavy atom. The van der Waals surface area contributed by atoms with Crippen molar-refractivity contribution in [3.63, 3.8) is 0 Å². The topological polar surface area (TPSA) is 43.4 Å². The maximum absolute atomic E-state index is 11.2. The van der Waals surface area contributed by atoms with Crippen LogP contribution in [-0.4, -0.2) is 18.9 Å². The summed E-state index contributed by atoms with van der Waals surface area (Å²) in [5.74, 6) is -0.587. The van der Waals surface area contributed by atoms with Crippen LogP contribution < -0.4 is 0 Å². The normalized spacial score (nSPS) is 8.68. The standard InChI is InChI=1S/C10H7O3.C5H.Fe/c1-13-10(12)7-6-9(11)8-4-2-3-5-8;1-2-4-5-3-1;/h6-7H2,1H3;1H;/q2*-5;+2. The first-order chi connectivity index (χ1) is 8.74. The van der Waals surface area contributed by atoms with Gasteiger partial charge in [-0.2, -0.15) is 0 Å². The minimum atomic E-state index is -0.395. The van der Waals surface area contributed by atoms with E-state index < -0.39 is 5.97 Å². The molecule has 0 unspecified atom stereocenters. The number of hydrogen-bond donors (Lipinski definition) is 0. The first-order valence-corrected chi connectivity index (χ1v) is 5.06. The van der Waals surface area contributed by atoms with Gasteiger partial charge < -0.3 is 69.7 Å². The van der Waals surface area contributed by atoms with Crippen LogP contribution in [0, 0.1) is 48.5 Å². The third-order valence-electron chi connectivity index (χ3n) is 1.85. The predicted molar refractivity (Wildman–Crippen MR) is 60.3 cm³/mol. The summed E-state index contributed by atoms with van der Waals surface area (Å²) >= 11 is 0. The fourth-order valence-electron chi connectivity index (χ4n) is 0.981. The van der Waals surface area contributed by atoms with Crippen molar-refractivity contribution in [2.45, 2.75) is 12.8 Å². The van der Waals surface area contributed by atoms with Crippen LogP contribution in [0.3, 0.4) is 0 Å². The maximum Gasteiger partial charge on any atom is 2.00 e. The molecule has 2 rings (SSSR count). The Balaban J connectivity index is 0.000000454. The fourth-order valence-corrected chi connectivity index (χ4v) is 0.981. The molecule has 0 aliphatic heterocycles. The summed E-state index contributed by atoms with van der Waals surface area (Å²) in [5, 5.41) is 0. The second kappa shape index (κ2) is 10.3. The van der Waals surface area contributed by atoms with Crippen LogP contribution in [0.4, 0.5) is 0 Å². The van der Waals surface area contributed by atoms with Crippen LogP contribution >= 0.6 is 0 Å². The van der Waals surface area contributed by atoms with Crippen molar-refractivity contribution in [2.75, 3.05) is 7.11 Å². The Kier molecular flexibility index (Phi) is 9.41. The van der Waals surface area contributed by atoms with Crippen LogP contribution in [0.15, 0.2) is 6.07 Å². The second-order valence-electron chi connectivity index (χ2n) is 3.06. The first-order valence-electron chi connectivity index (χ1n) is 5.06. The van der Waals surface area contributed by atoms with E-state index in [1.165, 1.54) is 7.11 Å². The van der Waals surface area contributed by atoms with Gasteiger partial charge in [-0.25, -0.2) is 0 Å². The predicted octanol–water partition coefficient (Wildman–Crippen LogP) is 1.35. The molecule has 2 aromatic carbocycles. The number of ether oxygens (including phenoxy) is 1.